The maximum atomic E-state index is 15.0. The van der Waals surface area contributed by atoms with Crippen LogP contribution >= 0.6 is 0 Å². The first kappa shape index (κ1) is 28.9. The van der Waals surface area contributed by atoms with E-state index in [-0.39, 0.29) is 29.5 Å². The van der Waals surface area contributed by atoms with Crippen LogP contribution in [-0.2, 0) is 21.6 Å². The Kier molecular flexibility index (Phi) is 9.26. The molecule has 5 heteroatoms. The lowest BCUT2D eigenvalue weighted by atomic mass is 9.81. The molecule has 0 spiro atoms. The van der Waals surface area contributed by atoms with Gasteiger partial charge in [0.2, 0.25) is 0 Å². The molecule has 0 N–H and O–H groups in total. The van der Waals surface area contributed by atoms with Crippen LogP contribution < -0.4 is 9.47 Å². The number of hydrogen-bond acceptors (Lipinski definition) is 4. The molecule has 0 amide bonds. The van der Waals surface area contributed by atoms with E-state index in [9.17, 15) is 9.18 Å². The predicted molar refractivity (Wildman–Crippen MR) is 157 cm³/mol. The van der Waals surface area contributed by atoms with Crippen molar-refractivity contribution in [2.24, 2.45) is 0 Å². The van der Waals surface area contributed by atoms with Crippen LogP contribution in [0.3, 0.4) is 0 Å². The lowest BCUT2D eigenvalue weighted by Crippen LogP contribution is -2.13. The number of carbonyl (C=O) groups excluding carboxylic acids is 1. The van der Waals surface area contributed by atoms with Crippen molar-refractivity contribution in [3.8, 4) is 22.6 Å². The first-order valence-electron chi connectivity index (χ1n) is 13.6. The predicted octanol–water partition coefficient (Wildman–Crippen LogP) is 8.46. The van der Waals surface area contributed by atoms with Gasteiger partial charge in [-0.15, -0.1) is 0 Å². The summed E-state index contributed by atoms with van der Waals surface area (Å²) in [6.45, 7) is 8.85. The van der Waals surface area contributed by atoms with Gasteiger partial charge in [-0.3, -0.25) is 4.79 Å². The molecule has 40 heavy (non-hydrogen) atoms. The molecule has 0 heterocycles. The van der Waals surface area contributed by atoms with Crippen LogP contribution in [0.5, 0.6) is 11.5 Å². The lowest BCUT2D eigenvalue weighted by Gasteiger charge is -2.24. The summed E-state index contributed by atoms with van der Waals surface area (Å²) in [7, 11) is 1.58. The summed E-state index contributed by atoms with van der Waals surface area (Å²) in [6, 6.07) is 28.7. The summed E-state index contributed by atoms with van der Waals surface area (Å²) in [6.07, 6.45) is 0.266. The molecule has 4 rings (SSSR count). The molecule has 0 fully saturated rings. The zero-order valence-electron chi connectivity index (χ0n) is 23.9. The van der Waals surface area contributed by atoms with Gasteiger partial charge in [0.25, 0.3) is 0 Å². The molecule has 0 bridgehead atoms. The van der Waals surface area contributed by atoms with Gasteiger partial charge in [-0.2, -0.15) is 0 Å². The van der Waals surface area contributed by atoms with Crippen LogP contribution in [0.25, 0.3) is 11.1 Å². The van der Waals surface area contributed by atoms with Gasteiger partial charge < -0.3 is 14.2 Å². The van der Waals surface area contributed by atoms with Crippen molar-refractivity contribution in [1.82, 2.24) is 0 Å². The van der Waals surface area contributed by atoms with Gasteiger partial charge in [0.05, 0.1) is 20.1 Å². The average molecular weight is 541 g/mol. The van der Waals surface area contributed by atoms with Crippen LogP contribution in [0.2, 0.25) is 0 Å². The van der Waals surface area contributed by atoms with Crippen LogP contribution in [0, 0.1) is 5.82 Å². The smallest absolute Gasteiger partial charge is 0.306 e. The minimum absolute atomic E-state index is 0.112. The van der Waals surface area contributed by atoms with Gasteiger partial charge in [-0.25, -0.2) is 4.39 Å². The zero-order chi connectivity index (χ0) is 28.7. The molecule has 0 aliphatic rings. The van der Waals surface area contributed by atoms with Gasteiger partial charge in [0.15, 0.2) is 0 Å². The molecule has 0 aliphatic carbocycles. The number of ether oxygens (including phenoxy) is 3. The Hall–Kier alpha value is -4.12. The molecule has 0 radical (unpaired) electrons. The summed E-state index contributed by atoms with van der Waals surface area (Å²) < 4.78 is 31.7. The van der Waals surface area contributed by atoms with Crippen LogP contribution in [0.15, 0.2) is 91.0 Å². The highest BCUT2D eigenvalue weighted by Gasteiger charge is 2.22. The molecule has 4 nitrogen and oxygen atoms in total. The van der Waals surface area contributed by atoms with Crippen molar-refractivity contribution < 1.29 is 23.4 Å². The Labute approximate surface area is 236 Å². The molecular weight excluding hydrogens is 503 g/mol. The van der Waals surface area contributed by atoms with Crippen molar-refractivity contribution >= 4 is 5.97 Å². The van der Waals surface area contributed by atoms with Gasteiger partial charge in [-0.1, -0.05) is 75.4 Å². The van der Waals surface area contributed by atoms with Gasteiger partial charge >= 0.3 is 5.97 Å². The SMILES string of the molecule is CCOC(=O)C[C@@H](c1ccccc1)c1ccc(OCc2ccc(C(C)(C)C)c(-c3cc(OC)ccc3F)c2)cc1. The number of esters is 1. The third-order valence-corrected chi connectivity index (χ3v) is 6.92. The average Bonchev–Trinajstić information content (AvgIpc) is 2.95. The zero-order valence-corrected chi connectivity index (χ0v) is 23.9. The number of methoxy groups -OCH3 is 1. The second-order valence-corrected chi connectivity index (χ2v) is 10.8. The van der Waals surface area contributed by atoms with Crippen LogP contribution in [0.1, 0.15) is 62.3 Å². The van der Waals surface area contributed by atoms with Crippen LogP contribution in [0.4, 0.5) is 4.39 Å². The molecule has 1 atom stereocenters. The lowest BCUT2D eigenvalue weighted by molar-refractivity contribution is -0.143. The highest BCUT2D eigenvalue weighted by molar-refractivity contribution is 5.72. The highest BCUT2D eigenvalue weighted by Crippen LogP contribution is 2.37. The van der Waals surface area contributed by atoms with E-state index in [1.807, 2.05) is 73.7 Å². The monoisotopic (exact) mass is 540 g/mol. The Bertz CT molecular complexity index is 1420. The second kappa shape index (κ2) is 12.8. The Morgan fingerprint density at radius 2 is 1.50 bits per heavy atom. The van der Waals surface area contributed by atoms with E-state index >= 15 is 0 Å². The third kappa shape index (κ3) is 7.09. The standard InChI is InChI=1S/C35H37FO4/c1-6-39-34(37)22-29(25-10-8-7-9-11-25)26-13-15-27(16-14-26)40-23-24-12-18-32(35(2,3)4)30(20-24)31-21-28(38-5)17-19-33(31)36/h7-21,29H,6,22-23H2,1-5H3/t29-/m0/s1. The fourth-order valence-electron chi connectivity index (χ4n) is 4.86. The minimum atomic E-state index is -0.296. The maximum Gasteiger partial charge on any atom is 0.306 e. The summed E-state index contributed by atoms with van der Waals surface area (Å²) in [4.78, 5) is 12.3. The minimum Gasteiger partial charge on any atom is -0.497 e. The number of halogens is 1. The molecule has 208 valence electrons. The van der Waals surface area contributed by atoms with Crippen molar-refractivity contribution in [3.63, 3.8) is 0 Å². The van der Waals surface area contributed by atoms with Crippen molar-refractivity contribution in [3.05, 3.63) is 119 Å². The summed E-state index contributed by atoms with van der Waals surface area (Å²) >= 11 is 0. The van der Waals surface area contributed by atoms with E-state index in [1.165, 1.54) is 6.07 Å². The molecule has 4 aromatic rings. The number of rotatable bonds is 10. The first-order chi connectivity index (χ1) is 19.2. The van der Waals surface area contributed by atoms with Gasteiger partial charge in [-0.05, 0) is 76.6 Å². The van der Waals surface area contributed by atoms with Gasteiger partial charge in [0, 0.05) is 11.5 Å². The molecule has 0 unspecified atom stereocenters. The Balaban J connectivity index is 1.56. The normalized spacial score (nSPS) is 12.1. The highest BCUT2D eigenvalue weighted by atomic mass is 19.1. The van der Waals surface area contributed by atoms with Gasteiger partial charge in [0.1, 0.15) is 23.9 Å². The second-order valence-electron chi connectivity index (χ2n) is 10.8. The van der Waals surface area contributed by atoms with Crippen LogP contribution in [-0.4, -0.2) is 19.7 Å². The first-order valence-corrected chi connectivity index (χ1v) is 13.6. The number of hydrogen-bond donors (Lipinski definition) is 0. The fourth-order valence-corrected chi connectivity index (χ4v) is 4.86. The quantitative estimate of drug-likeness (QED) is 0.189. The van der Waals surface area contributed by atoms with E-state index in [0.717, 1.165) is 27.8 Å². The Morgan fingerprint density at radius 3 is 2.15 bits per heavy atom. The summed E-state index contributed by atoms with van der Waals surface area (Å²) in [5, 5.41) is 0. The van der Waals surface area contributed by atoms with E-state index in [1.54, 1.807) is 19.2 Å². The number of carbonyl (C=O) groups is 1. The molecule has 0 aliphatic heterocycles. The Morgan fingerprint density at radius 1 is 0.825 bits per heavy atom. The molecule has 0 aromatic heterocycles. The maximum absolute atomic E-state index is 15.0. The molecule has 4 aromatic carbocycles. The van der Waals surface area contributed by atoms with Crippen molar-refractivity contribution in [2.75, 3.05) is 13.7 Å². The number of benzene rings is 4. The largest absolute Gasteiger partial charge is 0.497 e. The third-order valence-electron chi connectivity index (χ3n) is 6.92. The van der Waals surface area contributed by atoms with E-state index in [0.29, 0.717) is 30.3 Å². The summed E-state index contributed by atoms with van der Waals surface area (Å²) in [5.74, 6) is 0.685. The van der Waals surface area contributed by atoms with Crippen molar-refractivity contribution in [1.29, 1.82) is 0 Å². The molecular formula is C35H37FO4. The molecule has 0 saturated heterocycles. The topological polar surface area (TPSA) is 44.8 Å². The van der Waals surface area contributed by atoms with Crippen molar-refractivity contribution in [2.45, 2.75) is 52.1 Å². The van der Waals surface area contributed by atoms with E-state index in [2.05, 4.69) is 26.8 Å². The fraction of sp³-hybridized carbons (Fsp3) is 0.286. The summed E-state index contributed by atoms with van der Waals surface area (Å²) in [5.41, 5.74) is 5.19. The van der Waals surface area contributed by atoms with E-state index in [4.69, 9.17) is 14.2 Å². The van der Waals surface area contributed by atoms with E-state index < -0.39 is 0 Å². The molecule has 0 saturated carbocycles.